The van der Waals surface area contributed by atoms with E-state index < -0.39 is 0 Å². The Kier molecular flexibility index (Phi) is 4.51. The Morgan fingerprint density at radius 1 is 1.24 bits per heavy atom. The average molecular weight is 281 g/mol. The molecule has 0 amide bonds. The maximum absolute atomic E-state index is 6.05. The van der Waals surface area contributed by atoms with E-state index in [-0.39, 0.29) is 0 Å². The lowest BCUT2D eigenvalue weighted by Crippen LogP contribution is -2.35. The van der Waals surface area contributed by atoms with E-state index >= 15 is 0 Å². The standard InChI is InChI=1S/C18H23N3/c19-18-7-1-6-15-12-16(8-9-17(15)18)21-11-3-5-14-4-2-10-20-13-14/h1-2,4,6-7,10,13,16,21H,3,5,8-9,11-12,19H2. The summed E-state index contributed by atoms with van der Waals surface area (Å²) in [7, 11) is 0. The van der Waals surface area contributed by atoms with Gasteiger partial charge in [0.1, 0.15) is 0 Å². The molecule has 0 bridgehead atoms. The lowest BCUT2D eigenvalue weighted by molar-refractivity contribution is 0.455. The highest BCUT2D eigenvalue weighted by atomic mass is 14.9. The zero-order valence-electron chi connectivity index (χ0n) is 12.4. The quantitative estimate of drug-likeness (QED) is 0.654. The van der Waals surface area contributed by atoms with E-state index in [9.17, 15) is 0 Å². The molecule has 0 saturated carbocycles. The van der Waals surface area contributed by atoms with Crippen molar-refractivity contribution in [3.8, 4) is 0 Å². The molecule has 0 aliphatic heterocycles. The Morgan fingerprint density at radius 3 is 3.05 bits per heavy atom. The molecule has 21 heavy (non-hydrogen) atoms. The predicted octanol–water partition coefficient (Wildman–Crippen LogP) is 2.74. The number of hydrogen-bond acceptors (Lipinski definition) is 3. The van der Waals surface area contributed by atoms with Crippen LogP contribution in [0.2, 0.25) is 0 Å². The van der Waals surface area contributed by atoms with Gasteiger partial charge < -0.3 is 11.1 Å². The number of aryl methyl sites for hydroxylation is 1. The molecule has 3 rings (SSSR count). The first kappa shape index (κ1) is 14.1. The molecule has 0 radical (unpaired) electrons. The lowest BCUT2D eigenvalue weighted by Gasteiger charge is -2.26. The number of rotatable bonds is 5. The molecule has 1 unspecified atom stereocenters. The number of nitrogens with two attached hydrogens (primary N) is 1. The van der Waals surface area contributed by atoms with Gasteiger partial charge in [-0.05, 0) is 67.5 Å². The highest BCUT2D eigenvalue weighted by Crippen LogP contribution is 2.26. The summed E-state index contributed by atoms with van der Waals surface area (Å²) in [5.74, 6) is 0. The molecule has 3 heteroatoms. The van der Waals surface area contributed by atoms with Crippen molar-refractivity contribution in [3.05, 3.63) is 59.4 Å². The minimum atomic E-state index is 0.591. The number of nitrogens with one attached hydrogen (secondary N) is 1. The Labute approximate surface area is 126 Å². The van der Waals surface area contributed by atoms with Gasteiger partial charge in [0.2, 0.25) is 0 Å². The first-order valence-electron chi connectivity index (χ1n) is 7.81. The van der Waals surface area contributed by atoms with Crippen molar-refractivity contribution in [2.75, 3.05) is 12.3 Å². The van der Waals surface area contributed by atoms with Crippen LogP contribution in [0.25, 0.3) is 0 Å². The SMILES string of the molecule is Nc1cccc2c1CCC(NCCCc1cccnc1)C2. The molecular weight excluding hydrogens is 258 g/mol. The maximum Gasteiger partial charge on any atom is 0.0349 e. The number of benzene rings is 1. The fraction of sp³-hybridized carbons (Fsp3) is 0.389. The molecule has 3 N–H and O–H groups in total. The number of aromatic nitrogens is 1. The lowest BCUT2D eigenvalue weighted by atomic mass is 9.87. The van der Waals surface area contributed by atoms with Crippen LogP contribution in [0.4, 0.5) is 5.69 Å². The summed E-state index contributed by atoms with van der Waals surface area (Å²) in [4.78, 5) is 4.15. The molecule has 110 valence electrons. The van der Waals surface area contributed by atoms with Crippen LogP contribution in [-0.2, 0) is 19.3 Å². The van der Waals surface area contributed by atoms with E-state index in [0.29, 0.717) is 6.04 Å². The fourth-order valence-corrected chi connectivity index (χ4v) is 3.16. The minimum absolute atomic E-state index is 0.591. The molecule has 1 aliphatic carbocycles. The number of nitrogen functional groups attached to an aromatic ring is 1. The van der Waals surface area contributed by atoms with E-state index in [0.717, 1.165) is 37.9 Å². The van der Waals surface area contributed by atoms with Gasteiger partial charge in [-0.25, -0.2) is 0 Å². The molecule has 3 nitrogen and oxygen atoms in total. The Balaban J connectivity index is 1.45. The van der Waals surface area contributed by atoms with Gasteiger partial charge in [0.05, 0.1) is 0 Å². The third kappa shape index (κ3) is 3.61. The van der Waals surface area contributed by atoms with Crippen LogP contribution in [0, 0.1) is 0 Å². The zero-order valence-corrected chi connectivity index (χ0v) is 12.4. The van der Waals surface area contributed by atoms with E-state index in [4.69, 9.17) is 5.73 Å². The van der Waals surface area contributed by atoms with E-state index in [1.165, 1.54) is 23.1 Å². The number of pyridine rings is 1. The second kappa shape index (κ2) is 6.72. The summed E-state index contributed by atoms with van der Waals surface area (Å²) in [6.07, 6.45) is 9.43. The fourth-order valence-electron chi connectivity index (χ4n) is 3.16. The van der Waals surface area contributed by atoms with Crippen LogP contribution in [-0.4, -0.2) is 17.6 Å². The molecule has 1 aromatic carbocycles. The van der Waals surface area contributed by atoms with Gasteiger partial charge in [0, 0.05) is 24.1 Å². The smallest absolute Gasteiger partial charge is 0.0349 e. The number of hydrogen-bond donors (Lipinski definition) is 2. The highest BCUT2D eigenvalue weighted by molar-refractivity contribution is 5.52. The third-order valence-corrected chi connectivity index (χ3v) is 4.32. The largest absolute Gasteiger partial charge is 0.398 e. The second-order valence-corrected chi connectivity index (χ2v) is 5.84. The van der Waals surface area contributed by atoms with Crippen LogP contribution < -0.4 is 11.1 Å². The van der Waals surface area contributed by atoms with Crippen molar-refractivity contribution >= 4 is 5.69 Å². The Bertz CT molecular complexity index is 580. The summed E-state index contributed by atoms with van der Waals surface area (Å²) in [6.45, 7) is 1.07. The molecule has 0 saturated heterocycles. The van der Waals surface area contributed by atoms with Crippen LogP contribution in [0.1, 0.15) is 29.5 Å². The highest BCUT2D eigenvalue weighted by Gasteiger charge is 2.19. The summed E-state index contributed by atoms with van der Waals surface area (Å²) >= 11 is 0. The Morgan fingerprint density at radius 2 is 2.19 bits per heavy atom. The maximum atomic E-state index is 6.05. The molecule has 0 fully saturated rings. The van der Waals surface area contributed by atoms with Gasteiger partial charge in [-0.15, -0.1) is 0 Å². The zero-order chi connectivity index (χ0) is 14.5. The molecule has 1 aromatic heterocycles. The minimum Gasteiger partial charge on any atom is -0.398 e. The summed E-state index contributed by atoms with van der Waals surface area (Å²) in [6, 6.07) is 11.0. The summed E-state index contributed by atoms with van der Waals surface area (Å²) in [5.41, 5.74) is 11.1. The van der Waals surface area contributed by atoms with Crippen molar-refractivity contribution in [1.29, 1.82) is 0 Å². The number of nitrogens with zero attached hydrogens (tertiary/aromatic N) is 1. The normalized spacial score (nSPS) is 17.4. The second-order valence-electron chi connectivity index (χ2n) is 5.84. The van der Waals surface area contributed by atoms with E-state index in [1.807, 2.05) is 24.5 Å². The van der Waals surface area contributed by atoms with Crippen molar-refractivity contribution in [2.24, 2.45) is 0 Å². The molecular formula is C18H23N3. The van der Waals surface area contributed by atoms with Gasteiger partial charge in [-0.3, -0.25) is 4.98 Å². The van der Waals surface area contributed by atoms with Gasteiger partial charge in [0.25, 0.3) is 0 Å². The van der Waals surface area contributed by atoms with Crippen LogP contribution >= 0.6 is 0 Å². The van der Waals surface area contributed by atoms with Gasteiger partial charge >= 0.3 is 0 Å². The molecule has 1 atom stereocenters. The van der Waals surface area contributed by atoms with E-state index in [2.05, 4.69) is 28.5 Å². The molecule has 0 spiro atoms. The molecule has 2 aromatic rings. The van der Waals surface area contributed by atoms with Crippen molar-refractivity contribution in [3.63, 3.8) is 0 Å². The third-order valence-electron chi connectivity index (χ3n) is 4.32. The molecule has 1 heterocycles. The first-order chi connectivity index (χ1) is 10.3. The molecule has 1 aliphatic rings. The summed E-state index contributed by atoms with van der Waals surface area (Å²) in [5, 5.41) is 3.69. The topological polar surface area (TPSA) is 50.9 Å². The van der Waals surface area contributed by atoms with E-state index in [1.54, 1.807) is 0 Å². The Hall–Kier alpha value is -1.87. The van der Waals surface area contributed by atoms with Crippen LogP contribution in [0.5, 0.6) is 0 Å². The first-order valence-corrected chi connectivity index (χ1v) is 7.81. The van der Waals surface area contributed by atoms with Gasteiger partial charge in [-0.2, -0.15) is 0 Å². The van der Waals surface area contributed by atoms with Crippen molar-refractivity contribution in [2.45, 2.75) is 38.1 Å². The summed E-state index contributed by atoms with van der Waals surface area (Å²) < 4.78 is 0. The van der Waals surface area contributed by atoms with Gasteiger partial charge in [-0.1, -0.05) is 18.2 Å². The number of anilines is 1. The van der Waals surface area contributed by atoms with Crippen molar-refractivity contribution < 1.29 is 0 Å². The van der Waals surface area contributed by atoms with Crippen LogP contribution in [0.15, 0.2) is 42.7 Å². The number of fused-ring (bicyclic) bond motifs is 1. The van der Waals surface area contributed by atoms with Crippen LogP contribution in [0.3, 0.4) is 0 Å². The average Bonchev–Trinajstić information content (AvgIpc) is 2.53. The van der Waals surface area contributed by atoms with Crippen molar-refractivity contribution in [1.82, 2.24) is 10.3 Å². The predicted molar refractivity (Wildman–Crippen MR) is 87.2 cm³/mol. The monoisotopic (exact) mass is 281 g/mol. The van der Waals surface area contributed by atoms with Gasteiger partial charge in [0.15, 0.2) is 0 Å².